The molecule has 0 aliphatic carbocycles. The molecule has 0 bridgehead atoms. The Morgan fingerprint density at radius 2 is 1.41 bits per heavy atom. The summed E-state index contributed by atoms with van der Waals surface area (Å²) >= 11 is 0. The first-order chi connectivity index (χ1) is 16.3. The molecule has 0 unspecified atom stereocenters. The molecule has 0 fully saturated rings. The number of unbranched alkanes of at least 4 members (excludes halogenated alkanes) is 6. The average molecular weight is 494 g/mol. The van der Waals surface area contributed by atoms with Gasteiger partial charge in [0.1, 0.15) is 0 Å². The molecular formula is C26H39NO6S. The van der Waals surface area contributed by atoms with Crippen LogP contribution in [0.25, 0.3) is 0 Å². The Hall–Kier alpha value is -2.19. The number of benzene rings is 1. The minimum absolute atomic E-state index is 0.00705. The minimum atomic E-state index is -3.72. The number of ether oxygens (including phenoxy) is 2. The highest BCUT2D eigenvalue weighted by atomic mass is 32.2. The quantitative estimate of drug-likeness (QED) is 0.143. The van der Waals surface area contributed by atoms with Crippen LogP contribution in [0.15, 0.2) is 40.8 Å². The van der Waals surface area contributed by atoms with Gasteiger partial charge in [0.05, 0.1) is 4.90 Å². The van der Waals surface area contributed by atoms with Crippen LogP contribution in [-0.2, 0) is 29.1 Å². The van der Waals surface area contributed by atoms with Crippen LogP contribution in [0.5, 0.6) is 0 Å². The predicted molar refractivity (Wildman–Crippen MR) is 132 cm³/mol. The van der Waals surface area contributed by atoms with Gasteiger partial charge >= 0.3 is 11.9 Å². The van der Waals surface area contributed by atoms with Crippen molar-refractivity contribution in [3.63, 3.8) is 0 Å². The Morgan fingerprint density at radius 3 is 1.91 bits per heavy atom. The first-order valence-corrected chi connectivity index (χ1v) is 13.9. The maximum absolute atomic E-state index is 13.0. The summed E-state index contributed by atoms with van der Waals surface area (Å²) in [6.45, 7) is 6.22. The van der Waals surface area contributed by atoms with Gasteiger partial charge in [-0.25, -0.2) is 8.42 Å². The first-order valence-electron chi connectivity index (χ1n) is 12.4. The lowest BCUT2D eigenvalue weighted by molar-refractivity contribution is -0.181. The third-order valence-corrected chi connectivity index (χ3v) is 7.65. The predicted octanol–water partition coefficient (Wildman–Crippen LogP) is 5.28. The van der Waals surface area contributed by atoms with Crippen molar-refractivity contribution >= 4 is 22.0 Å². The second-order valence-corrected chi connectivity index (χ2v) is 10.8. The molecule has 34 heavy (non-hydrogen) atoms. The SMILES string of the molecule is CCCCCCC(=O)OC(OC(=O)CCCCCC)C1=CCN(S(=O)(=O)c2ccc(C)cc2)C1. The summed E-state index contributed by atoms with van der Waals surface area (Å²) in [6.07, 6.45) is 8.43. The van der Waals surface area contributed by atoms with Crippen LogP contribution in [0.4, 0.5) is 0 Å². The normalized spacial score (nSPS) is 14.3. The number of esters is 2. The highest BCUT2D eigenvalue weighted by molar-refractivity contribution is 7.89. The van der Waals surface area contributed by atoms with E-state index in [1.54, 1.807) is 30.3 Å². The van der Waals surface area contributed by atoms with Gasteiger partial charge in [-0.2, -0.15) is 4.31 Å². The molecule has 190 valence electrons. The van der Waals surface area contributed by atoms with Crippen molar-refractivity contribution in [2.75, 3.05) is 13.1 Å². The van der Waals surface area contributed by atoms with Crippen LogP contribution in [0.2, 0.25) is 0 Å². The maximum atomic E-state index is 13.0. The van der Waals surface area contributed by atoms with Gasteiger partial charge in [0.15, 0.2) is 0 Å². The monoisotopic (exact) mass is 493 g/mol. The standard InChI is InChI=1S/C26H39NO6S/c1-4-6-8-10-12-24(28)32-26(33-25(29)13-11-9-7-5-2)22-18-19-27(20-22)34(30,31)23-16-14-21(3)15-17-23/h14-18,26H,4-13,19-20H2,1-3H3. The third-order valence-electron chi connectivity index (χ3n) is 5.82. The van der Waals surface area contributed by atoms with Crippen molar-refractivity contribution < 1.29 is 27.5 Å². The van der Waals surface area contributed by atoms with Gasteiger partial charge in [-0.05, 0) is 31.9 Å². The van der Waals surface area contributed by atoms with E-state index in [0.29, 0.717) is 18.4 Å². The molecule has 2 rings (SSSR count). The van der Waals surface area contributed by atoms with Gasteiger partial charge in [-0.1, -0.05) is 76.1 Å². The molecule has 0 saturated heterocycles. The average Bonchev–Trinajstić information content (AvgIpc) is 3.31. The molecule has 0 saturated carbocycles. The molecule has 1 aliphatic rings. The second kappa shape index (κ2) is 14.3. The minimum Gasteiger partial charge on any atom is -0.421 e. The van der Waals surface area contributed by atoms with E-state index in [0.717, 1.165) is 44.1 Å². The molecule has 0 N–H and O–H groups in total. The smallest absolute Gasteiger partial charge is 0.309 e. The molecule has 0 aromatic heterocycles. The lowest BCUT2D eigenvalue weighted by Crippen LogP contribution is -2.33. The molecule has 0 amide bonds. The topological polar surface area (TPSA) is 90.0 Å². The lowest BCUT2D eigenvalue weighted by atomic mass is 10.1. The molecule has 1 aromatic carbocycles. The zero-order chi connectivity index (χ0) is 25.0. The zero-order valence-electron chi connectivity index (χ0n) is 20.8. The summed E-state index contributed by atoms with van der Waals surface area (Å²) in [5, 5.41) is 0. The Morgan fingerprint density at radius 1 is 0.882 bits per heavy atom. The number of rotatable bonds is 15. The molecule has 0 radical (unpaired) electrons. The zero-order valence-corrected chi connectivity index (χ0v) is 21.6. The van der Waals surface area contributed by atoms with E-state index in [2.05, 4.69) is 13.8 Å². The Kier molecular flexibility index (Phi) is 11.8. The van der Waals surface area contributed by atoms with Crippen LogP contribution in [0, 0.1) is 6.92 Å². The van der Waals surface area contributed by atoms with Crippen molar-refractivity contribution in [1.82, 2.24) is 4.31 Å². The summed E-state index contributed by atoms with van der Waals surface area (Å²) in [5.74, 6) is -0.888. The van der Waals surface area contributed by atoms with E-state index in [-0.39, 0.29) is 30.8 Å². The molecule has 7 nitrogen and oxygen atoms in total. The third kappa shape index (κ3) is 8.87. The number of hydrogen-bond donors (Lipinski definition) is 0. The van der Waals surface area contributed by atoms with Crippen LogP contribution in [0.3, 0.4) is 0 Å². The number of aryl methyl sites for hydroxylation is 1. The van der Waals surface area contributed by atoms with E-state index in [1.807, 2.05) is 6.92 Å². The largest absolute Gasteiger partial charge is 0.421 e. The lowest BCUT2D eigenvalue weighted by Gasteiger charge is -2.22. The van der Waals surface area contributed by atoms with Crippen LogP contribution < -0.4 is 0 Å². The second-order valence-electron chi connectivity index (χ2n) is 8.82. The summed E-state index contributed by atoms with van der Waals surface area (Å²) in [4.78, 5) is 25.0. The highest BCUT2D eigenvalue weighted by Gasteiger charge is 2.34. The first kappa shape index (κ1) is 28.1. The van der Waals surface area contributed by atoms with Crippen molar-refractivity contribution in [2.45, 2.75) is 96.2 Å². The van der Waals surface area contributed by atoms with Gasteiger partial charge in [-0.3, -0.25) is 9.59 Å². The van der Waals surface area contributed by atoms with Gasteiger partial charge < -0.3 is 9.47 Å². The van der Waals surface area contributed by atoms with Gasteiger partial charge in [0.25, 0.3) is 6.29 Å². The molecule has 8 heteroatoms. The van der Waals surface area contributed by atoms with Crippen molar-refractivity contribution in [2.24, 2.45) is 0 Å². The van der Waals surface area contributed by atoms with Crippen LogP contribution in [-0.4, -0.2) is 44.0 Å². The maximum Gasteiger partial charge on any atom is 0.309 e. The van der Waals surface area contributed by atoms with Gasteiger partial charge in [0, 0.05) is 31.5 Å². The number of sulfonamides is 1. The summed E-state index contributed by atoms with van der Waals surface area (Å²) in [6, 6.07) is 6.65. The van der Waals surface area contributed by atoms with E-state index in [9.17, 15) is 18.0 Å². The van der Waals surface area contributed by atoms with E-state index < -0.39 is 28.3 Å². The summed E-state index contributed by atoms with van der Waals surface area (Å²) in [7, 11) is -3.72. The van der Waals surface area contributed by atoms with Crippen molar-refractivity contribution in [1.29, 1.82) is 0 Å². The fraction of sp³-hybridized carbons (Fsp3) is 0.615. The van der Waals surface area contributed by atoms with E-state index in [1.165, 1.54) is 4.31 Å². The molecular weight excluding hydrogens is 454 g/mol. The van der Waals surface area contributed by atoms with Crippen LogP contribution in [0.1, 0.15) is 83.6 Å². The van der Waals surface area contributed by atoms with E-state index >= 15 is 0 Å². The van der Waals surface area contributed by atoms with E-state index in [4.69, 9.17) is 9.47 Å². The molecule has 0 atom stereocenters. The highest BCUT2D eigenvalue weighted by Crippen LogP contribution is 2.25. The van der Waals surface area contributed by atoms with Gasteiger partial charge in [0.2, 0.25) is 10.0 Å². The summed E-state index contributed by atoms with van der Waals surface area (Å²) in [5.41, 5.74) is 1.44. The Bertz CT molecular complexity index is 897. The fourth-order valence-corrected chi connectivity index (χ4v) is 5.06. The fourth-order valence-electron chi connectivity index (χ4n) is 3.69. The van der Waals surface area contributed by atoms with Crippen LogP contribution >= 0.6 is 0 Å². The molecule has 1 aliphatic heterocycles. The molecule has 0 spiro atoms. The number of carbonyl (C=O) groups is 2. The summed E-state index contributed by atoms with van der Waals surface area (Å²) < 4.78 is 38.4. The molecule has 1 heterocycles. The number of carbonyl (C=O) groups excluding carboxylic acids is 2. The Balaban J connectivity index is 2.04. The van der Waals surface area contributed by atoms with Gasteiger partial charge in [-0.15, -0.1) is 0 Å². The number of nitrogens with zero attached hydrogens (tertiary/aromatic N) is 1. The van der Waals surface area contributed by atoms with Crippen molar-refractivity contribution in [3.05, 3.63) is 41.5 Å². The molecule has 1 aromatic rings. The van der Waals surface area contributed by atoms with Crippen molar-refractivity contribution in [3.8, 4) is 0 Å². The number of hydrogen-bond acceptors (Lipinski definition) is 6. The Labute approximate surface area is 204 Å².